The summed E-state index contributed by atoms with van der Waals surface area (Å²) in [6.45, 7) is 1.71. The zero-order valence-corrected chi connectivity index (χ0v) is 13.5. The van der Waals surface area contributed by atoms with Crippen molar-refractivity contribution in [3.8, 4) is 0 Å². The van der Waals surface area contributed by atoms with E-state index < -0.39 is 9.84 Å². The molecule has 2 aromatic heterocycles. The van der Waals surface area contributed by atoms with Crippen LogP contribution in [0.25, 0.3) is 5.65 Å². The molecule has 3 rings (SSSR count). The van der Waals surface area contributed by atoms with Gasteiger partial charge in [0.25, 0.3) is 5.56 Å². The standard InChI is InChI=1S/C14H13N3O3S2/c1-9-8-11(18)15-13-12(14(21-2)16-17(9)13)22(19,20)10-6-4-3-5-7-10/h3-8H,1-2H3,(H,15,18). The van der Waals surface area contributed by atoms with Gasteiger partial charge in [-0.1, -0.05) is 18.2 Å². The van der Waals surface area contributed by atoms with Crippen LogP contribution in [0.15, 0.2) is 56.0 Å². The predicted molar refractivity (Wildman–Crippen MR) is 84.2 cm³/mol. The van der Waals surface area contributed by atoms with E-state index in [1.807, 2.05) is 0 Å². The van der Waals surface area contributed by atoms with Gasteiger partial charge in [0.1, 0.15) is 9.92 Å². The van der Waals surface area contributed by atoms with Crippen molar-refractivity contribution in [1.29, 1.82) is 0 Å². The van der Waals surface area contributed by atoms with Gasteiger partial charge >= 0.3 is 0 Å². The molecule has 2 heterocycles. The van der Waals surface area contributed by atoms with E-state index >= 15 is 0 Å². The molecular weight excluding hydrogens is 322 g/mol. The van der Waals surface area contributed by atoms with Crippen LogP contribution in [0.3, 0.4) is 0 Å². The van der Waals surface area contributed by atoms with E-state index in [2.05, 4.69) is 10.1 Å². The molecule has 1 N–H and O–H groups in total. The quantitative estimate of drug-likeness (QED) is 0.739. The van der Waals surface area contributed by atoms with Crippen molar-refractivity contribution in [3.05, 3.63) is 52.4 Å². The van der Waals surface area contributed by atoms with Crippen molar-refractivity contribution in [2.75, 3.05) is 6.26 Å². The molecule has 0 aliphatic carbocycles. The summed E-state index contributed by atoms with van der Waals surface area (Å²) in [4.78, 5) is 14.5. The SMILES string of the molecule is CSc1nn2c(C)cc(=O)[nH]c2c1S(=O)(=O)c1ccccc1. The van der Waals surface area contributed by atoms with E-state index in [1.54, 1.807) is 31.4 Å². The molecule has 0 bridgehead atoms. The maximum absolute atomic E-state index is 12.9. The highest BCUT2D eigenvalue weighted by Gasteiger charge is 2.28. The molecule has 0 saturated carbocycles. The van der Waals surface area contributed by atoms with Crippen LogP contribution in [-0.4, -0.2) is 29.3 Å². The maximum Gasteiger partial charge on any atom is 0.251 e. The lowest BCUT2D eigenvalue weighted by molar-refractivity contribution is 0.594. The second-order valence-electron chi connectivity index (χ2n) is 4.69. The van der Waals surface area contributed by atoms with Crippen molar-refractivity contribution in [2.24, 2.45) is 0 Å². The van der Waals surface area contributed by atoms with Crippen LogP contribution in [0.4, 0.5) is 0 Å². The van der Waals surface area contributed by atoms with Crippen LogP contribution in [-0.2, 0) is 9.84 Å². The fourth-order valence-electron chi connectivity index (χ4n) is 2.25. The Balaban J connectivity index is 2.42. The van der Waals surface area contributed by atoms with Gasteiger partial charge in [0.05, 0.1) is 4.90 Å². The molecule has 6 nitrogen and oxygen atoms in total. The molecule has 0 saturated heterocycles. The smallest absolute Gasteiger partial charge is 0.251 e. The number of nitrogens with zero attached hydrogens (tertiary/aromatic N) is 2. The van der Waals surface area contributed by atoms with Gasteiger partial charge in [0.2, 0.25) is 9.84 Å². The third kappa shape index (κ3) is 2.24. The Morgan fingerprint density at radius 3 is 2.55 bits per heavy atom. The summed E-state index contributed by atoms with van der Waals surface area (Å²) in [5.74, 6) is 0. The lowest BCUT2D eigenvalue weighted by Crippen LogP contribution is -2.11. The molecule has 22 heavy (non-hydrogen) atoms. The number of thioether (sulfide) groups is 1. The molecule has 0 spiro atoms. The Morgan fingerprint density at radius 1 is 1.23 bits per heavy atom. The van der Waals surface area contributed by atoms with E-state index in [4.69, 9.17) is 0 Å². The van der Waals surface area contributed by atoms with Crippen LogP contribution < -0.4 is 5.56 Å². The summed E-state index contributed by atoms with van der Waals surface area (Å²) >= 11 is 1.22. The van der Waals surface area contributed by atoms with Gasteiger partial charge in [-0.3, -0.25) is 4.79 Å². The fraction of sp³-hybridized carbons (Fsp3) is 0.143. The summed E-state index contributed by atoms with van der Waals surface area (Å²) in [5.41, 5.74) is 0.406. The molecule has 8 heteroatoms. The predicted octanol–water partition coefficient (Wildman–Crippen LogP) is 1.89. The number of nitrogens with one attached hydrogen (secondary N) is 1. The van der Waals surface area contributed by atoms with E-state index in [9.17, 15) is 13.2 Å². The highest BCUT2D eigenvalue weighted by Crippen LogP contribution is 2.31. The molecule has 0 atom stereocenters. The summed E-state index contributed by atoms with van der Waals surface area (Å²) in [6, 6.07) is 9.49. The monoisotopic (exact) mass is 335 g/mol. The van der Waals surface area contributed by atoms with Crippen molar-refractivity contribution in [2.45, 2.75) is 21.7 Å². The lowest BCUT2D eigenvalue weighted by atomic mass is 10.4. The molecule has 114 valence electrons. The largest absolute Gasteiger partial charge is 0.306 e. The Kier molecular flexibility index (Phi) is 3.57. The van der Waals surface area contributed by atoms with E-state index in [1.165, 1.54) is 34.5 Å². The molecule has 3 aromatic rings. The van der Waals surface area contributed by atoms with Gasteiger partial charge < -0.3 is 4.98 Å². The maximum atomic E-state index is 12.9. The van der Waals surface area contributed by atoms with Crippen LogP contribution in [0.2, 0.25) is 0 Å². The van der Waals surface area contributed by atoms with Gasteiger partial charge in [-0.15, -0.1) is 11.8 Å². The van der Waals surface area contributed by atoms with Gasteiger partial charge in [0.15, 0.2) is 5.65 Å². The minimum Gasteiger partial charge on any atom is -0.306 e. The van der Waals surface area contributed by atoms with Crippen LogP contribution in [0.5, 0.6) is 0 Å². The summed E-state index contributed by atoms with van der Waals surface area (Å²) in [6.07, 6.45) is 1.75. The number of H-pyrrole nitrogens is 1. The normalized spacial score (nSPS) is 11.9. The number of rotatable bonds is 3. The minimum absolute atomic E-state index is 0.0343. The molecular formula is C14H13N3O3S2. The van der Waals surface area contributed by atoms with Gasteiger partial charge in [-0.25, -0.2) is 12.9 Å². The highest BCUT2D eigenvalue weighted by molar-refractivity contribution is 7.99. The third-order valence-electron chi connectivity index (χ3n) is 3.24. The van der Waals surface area contributed by atoms with Crippen molar-refractivity contribution < 1.29 is 8.42 Å². The number of hydrogen-bond acceptors (Lipinski definition) is 5. The van der Waals surface area contributed by atoms with Crippen molar-refractivity contribution >= 4 is 27.2 Å². The number of aromatic amines is 1. The zero-order valence-electron chi connectivity index (χ0n) is 11.9. The van der Waals surface area contributed by atoms with Gasteiger partial charge in [-0.2, -0.15) is 5.10 Å². The molecule has 0 aliphatic rings. The average Bonchev–Trinajstić information content (AvgIpc) is 2.87. The molecule has 0 aliphatic heterocycles. The molecule has 0 amide bonds. The first-order chi connectivity index (χ1) is 10.4. The summed E-state index contributed by atoms with van der Waals surface area (Å²) < 4.78 is 27.3. The molecule has 1 aromatic carbocycles. The van der Waals surface area contributed by atoms with Crippen LogP contribution >= 0.6 is 11.8 Å². The first kappa shape index (κ1) is 14.9. The van der Waals surface area contributed by atoms with Crippen molar-refractivity contribution in [1.82, 2.24) is 14.6 Å². The number of fused-ring (bicyclic) bond motifs is 1. The van der Waals surface area contributed by atoms with E-state index in [-0.39, 0.29) is 21.0 Å². The molecule has 0 radical (unpaired) electrons. The van der Waals surface area contributed by atoms with Gasteiger partial charge in [0, 0.05) is 11.8 Å². The number of aromatic nitrogens is 3. The Hall–Kier alpha value is -2.06. The fourth-order valence-corrected chi connectivity index (χ4v) is 4.68. The summed E-state index contributed by atoms with van der Waals surface area (Å²) in [7, 11) is -3.77. The first-order valence-corrected chi connectivity index (χ1v) is 9.12. The Morgan fingerprint density at radius 2 is 1.91 bits per heavy atom. The minimum atomic E-state index is -3.77. The van der Waals surface area contributed by atoms with Crippen LogP contribution in [0, 0.1) is 6.92 Å². The third-order valence-corrected chi connectivity index (χ3v) is 5.86. The summed E-state index contributed by atoms with van der Waals surface area (Å²) in [5, 5.41) is 4.65. The first-order valence-electron chi connectivity index (χ1n) is 6.42. The number of hydrogen-bond donors (Lipinski definition) is 1. The number of benzene rings is 1. The van der Waals surface area contributed by atoms with Crippen molar-refractivity contribution in [3.63, 3.8) is 0 Å². The topological polar surface area (TPSA) is 84.3 Å². The second kappa shape index (κ2) is 5.29. The molecule has 0 fully saturated rings. The zero-order chi connectivity index (χ0) is 15.9. The van der Waals surface area contributed by atoms with Gasteiger partial charge in [-0.05, 0) is 25.3 Å². The van der Waals surface area contributed by atoms with E-state index in [0.717, 1.165) is 0 Å². The van der Waals surface area contributed by atoms with Crippen LogP contribution in [0.1, 0.15) is 5.69 Å². The Labute approximate surface area is 131 Å². The lowest BCUT2D eigenvalue weighted by Gasteiger charge is -2.04. The number of sulfone groups is 1. The highest BCUT2D eigenvalue weighted by atomic mass is 32.2. The molecule has 0 unspecified atom stereocenters. The second-order valence-corrected chi connectivity index (χ2v) is 7.37. The van der Waals surface area contributed by atoms with E-state index in [0.29, 0.717) is 10.7 Å². The average molecular weight is 335 g/mol. The Bertz CT molecular complexity index is 1000. The number of aryl methyl sites for hydroxylation is 1.